The number of hydrogen-bond acceptors (Lipinski definition) is 2. The molecule has 1 unspecified atom stereocenters. The lowest BCUT2D eigenvalue weighted by Crippen LogP contribution is -2.52. The molecule has 18 heavy (non-hydrogen) atoms. The van der Waals surface area contributed by atoms with Gasteiger partial charge in [-0.3, -0.25) is 9.69 Å². The highest BCUT2D eigenvalue weighted by atomic mass is 19.4. The highest BCUT2D eigenvalue weighted by Gasteiger charge is 2.63. The van der Waals surface area contributed by atoms with Crippen LogP contribution in [0.2, 0.25) is 0 Å². The van der Waals surface area contributed by atoms with Crippen molar-refractivity contribution in [2.24, 2.45) is 0 Å². The number of likely N-dealkylation sites (tertiary alicyclic amines) is 1. The third kappa shape index (κ3) is 3.30. The van der Waals surface area contributed by atoms with Crippen molar-refractivity contribution in [1.82, 2.24) is 10.2 Å². The van der Waals surface area contributed by atoms with E-state index >= 15 is 0 Å². The Labute approximate surface area is 101 Å². The number of alkyl halides is 5. The molecule has 1 rings (SSSR count). The van der Waals surface area contributed by atoms with Gasteiger partial charge in [0.15, 0.2) is 0 Å². The average Bonchev–Trinajstić information content (AvgIpc) is 2.76. The van der Waals surface area contributed by atoms with Gasteiger partial charge in [0.05, 0.1) is 0 Å². The summed E-state index contributed by atoms with van der Waals surface area (Å²) in [5.41, 5.74) is 0. The zero-order valence-corrected chi connectivity index (χ0v) is 9.86. The standard InChI is InChI=1S/C10H15F5N2O/c1-7(17-4-2-3-5-17)6-16-8(18)9(11,12)10(13,14)15/h7H,2-6H2,1H3,(H,16,18). The molecule has 1 fully saturated rings. The number of nitrogens with zero attached hydrogens (tertiary/aromatic N) is 1. The summed E-state index contributed by atoms with van der Waals surface area (Å²) >= 11 is 0. The minimum absolute atomic E-state index is 0.218. The molecular formula is C10H15F5N2O. The van der Waals surface area contributed by atoms with E-state index in [2.05, 4.69) is 0 Å². The fourth-order valence-corrected chi connectivity index (χ4v) is 1.79. The first-order valence-corrected chi connectivity index (χ1v) is 5.63. The van der Waals surface area contributed by atoms with Gasteiger partial charge in [0.1, 0.15) is 0 Å². The van der Waals surface area contributed by atoms with Gasteiger partial charge in [-0.15, -0.1) is 0 Å². The molecule has 0 saturated carbocycles. The van der Waals surface area contributed by atoms with Crippen molar-refractivity contribution in [2.75, 3.05) is 19.6 Å². The third-order valence-electron chi connectivity index (χ3n) is 2.96. The number of rotatable bonds is 4. The van der Waals surface area contributed by atoms with Crippen LogP contribution in [0.5, 0.6) is 0 Å². The van der Waals surface area contributed by atoms with Crippen LogP contribution in [-0.2, 0) is 4.79 Å². The molecule has 8 heteroatoms. The van der Waals surface area contributed by atoms with Crippen molar-refractivity contribution < 1.29 is 26.7 Å². The van der Waals surface area contributed by atoms with Gasteiger partial charge in [0.25, 0.3) is 5.91 Å². The number of halogens is 5. The second-order valence-corrected chi connectivity index (χ2v) is 4.37. The molecule has 1 heterocycles. The summed E-state index contributed by atoms with van der Waals surface area (Å²) in [5.74, 6) is -7.63. The molecule has 0 aromatic heterocycles. The lowest BCUT2D eigenvalue weighted by molar-refractivity contribution is -0.269. The highest BCUT2D eigenvalue weighted by molar-refractivity contribution is 5.84. The van der Waals surface area contributed by atoms with E-state index in [1.165, 1.54) is 0 Å². The van der Waals surface area contributed by atoms with Gasteiger partial charge >= 0.3 is 12.1 Å². The van der Waals surface area contributed by atoms with E-state index in [-0.39, 0.29) is 12.6 Å². The van der Waals surface area contributed by atoms with Gasteiger partial charge < -0.3 is 5.32 Å². The molecule has 0 bridgehead atoms. The molecule has 0 aromatic carbocycles. The topological polar surface area (TPSA) is 32.3 Å². The normalized spacial score (nSPS) is 19.9. The van der Waals surface area contributed by atoms with Crippen LogP contribution < -0.4 is 5.32 Å². The van der Waals surface area contributed by atoms with Crippen LogP contribution >= 0.6 is 0 Å². The number of hydrogen-bond donors (Lipinski definition) is 1. The summed E-state index contributed by atoms with van der Waals surface area (Å²) in [5, 5.41) is 1.66. The lowest BCUT2D eigenvalue weighted by atomic mass is 10.2. The number of nitrogens with one attached hydrogen (secondary N) is 1. The minimum atomic E-state index is -5.85. The van der Waals surface area contributed by atoms with E-state index in [0.717, 1.165) is 25.9 Å². The van der Waals surface area contributed by atoms with E-state index < -0.39 is 18.0 Å². The smallest absolute Gasteiger partial charge is 0.349 e. The molecule has 0 radical (unpaired) electrons. The summed E-state index contributed by atoms with van der Waals surface area (Å²) in [7, 11) is 0. The molecule has 0 aromatic rings. The van der Waals surface area contributed by atoms with Gasteiger partial charge in [-0.2, -0.15) is 22.0 Å². The van der Waals surface area contributed by atoms with Crippen molar-refractivity contribution in [2.45, 2.75) is 37.9 Å². The maximum absolute atomic E-state index is 12.6. The molecule has 1 saturated heterocycles. The summed E-state index contributed by atoms with van der Waals surface area (Å²) in [4.78, 5) is 12.8. The first kappa shape index (κ1) is 15.1. The molecular weight excluding hydrogens is 259 g/mol. The first-order valence-electron chi connectivity index (χ1n) is 5.63. The third-order valence-corrected chi connectivity index (χ3v) is 2.96. The highest BCUT2D eigenvalue weighted by Crippen LogP contribution is 2.35. The maximum atomic E-state index is 12.6. The van der Waals surface area contributed by atoms with Crippen LogP contribution in [0.3, 0.4) is 0 Å². The van der Waals surface area contributed by atoms with Crippen LogP contribution in [0.15, 0.2) is 0 Å². The first-order chi connectivity index (χ1) is 8.16. The zero-order chi connectivity index (χ0) is 14.0. The van der Waals surface area contributed by atoms with Crippen LogP contribution in [0, 0.1) is 0 Å². The summed E-state index contributed by atoms with van der Waals surface area (Å²) < 4.78 is 60.9. The largest absolute Gasteiger partial charge is 0.463 e. The van der Waals surface area contributed by atoms with Gasteiger partial charge in [-0.1, -0.05) is 0 Å². The molecule has 3 nitrogen and oxygen atoms in total. The Bertz CT molecular complexity index is 299. The van der Waals surface area contributed by atoms with Gasteiger partial charge in [0, 0.05) is 12.6 Å². The van der Waals surface area contributed by atoms with E-state index in [1.54, 1.807) is 12.2 Å². The Balaban J connectivity index is 2.45. The molecule has 1 N–H and O–H groups in total. The predicted octanol–water partition coefficient (Wildman–Crippen LogP) is 1.78. The second-order valence-electron chi connectivity index (χ2n) is 4.37. The molecule has 0 spiro atoms. The minimum Gasteiger partial charge on any atom is -0.349 e. The Hall–Kier alpha value is -0.920. The van der Waals surface area contributed by atoms with E-state index in [4.69, 9.17) is 0 Å². The SMILES string of the molecule is CC(CNC(=O)C(F)(F)C(F)(F)F)N1CCCC1. The quantitative estimate of drug-likeness (QED) is 0.793. The molecule has 106 valence electrons. The Kier molecular flexibility index (Phi) is 4.52. The predicted molar refractivity (Wildman–Crippen MR) is 54.3 cm³/mol. The number of amides is 1. The van der Waals surface area contributed by atoms with Crippen molar-refractivity contribution in [3.05, 3.63) is 0 Å². The fourth-order valence-electron chi connectivity index (χ4n) is 1.79. The second kappa shape index (κ2) is 5.38. The maximum Gasteiger partial charge on any atom is 0.463 e. The van der Waals surface area contributed by atoms with Crippen molar-refractivity contribution in [3.63, 3.8) is 0 Å². The van der Waals surface area contributed by atoms with Crippen LogP contribution in [0.4, 0.5) is 22.0 Å². The van der Waals surface area contributed by atoms with Gasteiger partial charge in [-0.25, -0.2) is 0 Å². The lowest BCUT2D eigenvalue weighted by Gasteiger charge is -2.25. The van der Waals surface area contributed by atoms with Crippen molar-refractivity contribution in [1.29, 1.82) is 0 Å². The fraction of sp³-hybridized carbons (Fsp3) is 0.900. The Morgan fingerprint density at radius 2 is 1.72 bits per heavy atom. The number of carbonyl (C=O) groups is 1. The van der Waals surface area contributed by atoms with Crippen molar-refractivity contribution >= 4 is 5.91 Å². The Morgan fingerprint density at radius 3 is 2.17 bits per heavy atom. The van der Waals surface area contributed by atoms with Crippen LogP contribution in [0.25, 0.3) is 0 Å². The van der Waals surface area contributed by atoms with Crippen molar-refractivity contribution in [3.8, 4) is 0 Å². The Morgan fingerprint density at radius 1 is 1.22 bits per heavy atom. The van der Waals surface area contributed by atoms with Gasteiger partial charge in [-0.05, 0) is 32.9 Å². The molecule has 1 aliphatic rings. The van der Waals surface area contributed by atoms with Crippen LogP contribution in [0.1, 0.15) is 19.8 Å². The van der Waals surface area contributed by atoms with E-state index in [1.807, 2.05) is 4.90 Å². The molecule has 0 aliphatic carbocycles. The monoisotopic (exact) mass is 274 g/mol. The average molecular weight is 274 g/mol. The van der Waals surface area contributed by atoms with Gasteiger partial charge in [0.2, 0.25) is 0 Å². The summed E-state index contributed by atoms with van der Waals surface area (Å²) in [6, 6.07) is -0.250. The van der Waals surface area contributed by atoms with Crippen LogP contribution in [-0.4, -0.2) is 48.6 Å². The molecule has 1 atom stereocenters. The zero-order valence-electron chi connectivity index (χ0n) is 9.86. The summed E-state index contributed by atoms with van der Waals surface area (Å²) in [6.45, 7) is 3.00. The molecule has 1 amide bonds. The number of carbonyl (C=O) groups excluding carboxylic acids is 1. The van der Waals surface area contributed by atoms with E-state index in [0.29, 0.717) is 0 Å². The molecule has 1 aliphatic heterocycles. The van der Waals surface area contributed by atoms with E-state index in [9.17, 15) is 26.7 Å². The summed E-state index contributed by atoms with van der Waals surface area (Å²) in [6.07, 6.45) is -3.91.